The molecule has 0 bridgehead atoms. The van der Waals surface area contributed by atoms with E-state index in [0.29, 0.717) is 18.1 Å². The Labute approximate surface area is 189 Å². The van der Waals surface area contributed by atoms with Crippen molar-refractivity contribution in [2.24, 2.45) is 0 Å². The topological polar surface area (TPSA) is 131 Å². The average Bonchev–Trinajstić information content (AvgIpc) is 3.55. The summed E-state index contributed by atoms with van der Waals surface area (Å²) < 4.78 is 18.1. The molecule has 1 amide bonds. The molecule has 1 aromatic heterocycles. The van der Waals surface area contributed by atoms with E-state index in [4.69, 9.17) is 14.2 Å². The molecule has 0 saturated carbocycles. The largest absolute Gasteiger partial charge is 0.493 e. The van der Waals surface area contributed by atoms with Crippen LogP contribution >= 0.6 is 0 Å². The number of amides is 1. The molecule has 2 heterocycles. The van der Waals surface area contributed by atoms with Crippen molar-refractivity contribution in [1.82, 2.24) is 20.1 Å². The summed E-state index contributed by atoms with van der Waals surface area (Å²) in [4.78, 5) is 27.3. The van der Waals surface area contributed by atoms with Gasteiger partial charge < -0.3 is 19.5 Å². The molecular formula is C22H23N5O6. The molecule has 4 rings (SSSR count). The van der Waals surface area contributed by atoms with Gasteiger partial charge in [0, 0.05) is 24.8 Å². The highest BCUT2D eigenvalue weighted by Crippen LogP contribution is 2.29. The van der Waals surface area contributed by atoms with Gasteiger partial charge in [-0.1, -0.05) is 6.07 Å². The zero-order chi connectivity index (χ0) is 23.2. The SMILES string of the molecule is COc1cc(CNC(=O)c2ccc(-n3cncn3)c([N+](=O)[O-])c2)ccc1OCC1CCCO1. The van der Waals surface area contributed by atoms with Crippen LogP contribution in [0.4, 0.5) is 5.69 Å². The molecule has 1 saturated heterocycles. The van der Waals surface area contributed by atoms with Gasteiger partial charge in [-0.25, -0.2) is 9.67 Å². The van der Waals surface area contributed by atoms with Crippen molar-refractivity contribution >= 4 is 11.6 Å². The second-order valence-corrected chi connectivity index (χ2v) is 7.41. The summed E-state index contributed by atoms with van der Waals surface area (Å²) in [5, 5.41) is 18.2. The fraction of sp³-hybridized carbons (Fsp3) is 0.318. The zero-order valence-electron chi connectivity index (χ0n) is 18.0. The number of nitro benzene ring substituents is 1. The first-order valence-corrected chi connectivity index (χ1v) is 10.4. The quantitative estimate of drug-likeness (QED) is 0.386. The third-order valence-corrected chi connectivity index (χ3v) is 5.23. The summed E-state index contributed by atoms with van der Waals surface area (Å²) in [6.07, 6.45) is 4.73. The summed E-state index contributed by atoms with van der Waals surface area (Å²) >= 11 is 0. The number of methoxy groups -OCH3 is 1. The highest BCUT2D eigenvalue weighted by atomic mass is 16.6. The molecule has 0 aliphatic carbocycles. The van der Waals surface area contributed by atoms with E-state index in [1.54, 1.807) is 19.2 Å². The van der Waals surface area contributed by atoms with Crippen LogP contribution in [0.1, 0.15) is 28.8 Å². The van der Waals surface area contributed by atoms with Crippen LogP contribution in [0.15, 0.2) is 49.1 Å². The predicted octanol–water partition coefficient (Wildman–Crippen LogP) is 2.67. The summed E-state index contributed by atoms with van der Waals surface area (Å²) in [6, 6.07) is 9.57. The molecule has 1 unspecified atom stereocenters. The number of aromatic nitrogens is 3. The standard InChI is InChI=1S/C22H23N5O6/c1-31-21-9-15(4-7-20(21)33-12-17-3-2-8-32-17)11-24-22(28)16-5-6-18(19(10-16)27(29)30)26-14-23-13-25-26/h4-7,9-10,13-14,17H,2-3,8,11-12H2,1H3,(H,24,28). The van der Waals surface area contributed by atoms with Crippen LogP contribution < -0.4 is 14.8 Å². The summed E-state index contributed by atoms with van der Waals surface area (Å²) in [5.41, 5.74) is 0.924. The van der Waals surface area contributed by atoms with Crippen molar-refractivity contribution in [1.29, 1.82) is 0 Å². The molecule has 1 atom stereocenters. The average molecular weight is 453 g/mol. The van der Waals surface area contributed by atoms with Crippen LogP contribution in [0.25, 0.3) is 5.69 Å². The van der Waals surface area contributed by atoms with Gasteiger partial charge >= 0.3 is 0 Å². The molecule has 172 valence electrons. The van der Waals surface area contributed by atoms with Crippen LogP contribution in [0.2, 0.25) is 0 Å². The lowest BCUT2D eigenvalue weighted by molar-refractivity contribution is -0.384. The maximum Gasteiger partial charge on any atom is 0.295 e. The van der Waals surface area contributed by atoms with Gasteiger partial charge in [0.05, 0.1) is 18.1 Å². The fourth-order valence-electron chi connectivity index (χ4n) is 3.52. The fourth-order valence-corrected chi connectivity index (χ4v) is 3.52. The molecular weight excluding hydrogens is 430 g/mol. The first-order chi connectivity index (χ1) is 16.0. The number of benzene rings is 2. The highest BCUT2D eigenvalue weighted by Gasteiger charge is 2.20. The third kappa shape index (κ3) is 5.26. The van der Waals surface area contributed by atoms with Crippen LogP contribution in [-0.4, -0.2) is 52.0 Å². The van der Waals surface area contributed by atoms with E-state index in [1.807, 2.05) is 6.07 Å². The highest BCUT2D eigenvalue weighted by molar-refractivity contribution is 5.95. The number of nitrogens with zero attached hydrogens (tertiary/aromatic N) is 4. The lowest BCUT2D eigenvalue weighted by atomic mass is 10.1. The molecule has 33 heavy (non-hydrogen) atoms. The maximum absolute atomic E-state index is 12.6. The molecule has 2 aromatic carbocycles. The normalized spacial score (nSPS) is 15.2. The molecule has 11 heteroatoms. The Morgan fingerprint density at radius 1 is 1.30 bits per heavy atom. The van der Waals surface area contributed by atoms with Crippen molar-refractivity contribution in [3.8, 4) is 17.2 Å². The zero-order valence-corrected chi connectivity index (χ0v) is 18.0. The molecule has 3 aromatic rings. The number of hydrogen-bond acceptors (Lipinski definition) is 8. The summed E-state index contributed by atoms with van der Waals surface area (Å²) in [5.74, 6) is 0.705. The number of ether oxygens (including phenoxy) is 3. The Bertz CT molecular complexity index is 1130. The van der Waals surface area contributed by atoms with E-state index >= 15 is 0 Å². The smallest absolute Gasteiger partial charge is 0.295 e. The monoisotopic (exact) mass is 453 g/mol. The van der Waals surface area contributed by atoms with Gasteiger partial charge in [0.1, 0.15) is 24.9 Å². The third-order valence-electron chi connectivity index (χ3n) is 5.23. The number of rotatable bonds is 9. The van der Waals surface area contributed by atoms with Gasteiger partial charge in [0.15, 0.2) is 11.5 Å². The number of carbonyl (C=O) groups is 1. The minimum Gasteiger partial charge on any atom is -0.493 e. The van der Waals surface area contributed by atoms with Gasteiger partial charge in [0.2, 0.25) is 0 Å². The Morgan fingerprint density at radius 3 is 2.88 bits per heavy atom. The second-order valence-electron chi connectivity index (χ2n) is 7.41. The summed E-state index contributed by atoms with van der Waals surface area (Å²) in [6.45, 7) is 1.42. The van der Waals surface area contributed by atoms with E-state index in [0.717, 1.165) is 25.0 Å². The Hall–Kier alpha value is -3.99. The van der Waals surface area contributed by atoms with Crippen LogP contribution in [0.3, 0.4) is 0 Å². The molecule has 1 fully saturated rings. The van der Waals surface area contributed by atoms with Gasteiger partial charge in [-0.15, -0.1) is 0 Å². The van der Waals surface area contributed by atoms with E-state index in [-0.39, 0.29) is 29.6 Å². The van der Waals surface area contributed by atoms with Gasteiger partial charge in [-0.05, 0) is 42.7 Å². The number of nitrogens with one attached hydrogen (secondary N) is 1. The molecule has 1 N–H and O–H groups in total. The second kappa shape index (κ2) is 10.1. The minimum atomic E-state index is -0.562. The van der Waals surface area contributed by atoms with Gasteiger partial charge in [-0.2, -0.15) is 5.10 Å². The van der Waals surface area contributed by atoms with Crippen molar-refractivity contribution in [2.75, 3.05) is 20.3 Å². The Balaban J connectivity index is 1.41. The van der Waals surface area contributed by atoms with Crippen LogP contribution in [0.5, 0.6) is 11.5 Å². The molecule has 1 aliphatic rings. The molecule has 11 nitrogen and oxygen atoms in total. The van der Waals surface area contributed by atoms with Crippen LogP contribution in [-0.2, 0) is 11.3 Å². The maximum atomic E-state index is 12.6. The van der Waals surface area contributed by atoms with Gasteiger partial charge in [0.25, 0.3) is 11.6 Å². The van der Waals surface area contributed by atoms with E-state index in [1.165, 1.54) is 35.5 Å². The number of nitro groups is 1. The molecule has 0 radical (unpaired) electrons. The lowest BCUT2D eigenvalue weighted by Gasteiger charge is -2.15. The summed E-state index contributed by atoms with van der Waals surface area (Å²) in [7, 11) is 1.55. The number of hydrogen-bond donors (Lipinski definition) is 1. The van der Waals surface area contributed by atoms with Crippen molar-refractivity contribution in [3.63, 3.8) is 0 Å². The Kier molecular flexibility index (Phi) is 6.79. The van der Waals surface area contributed by atoms with Crippen molar-refractivity contribution in [3.05, 3.63) is 70.3 Å². The number of carbonyl (C=O) groups excluding carboxylic acids is 1. The van der Waals surface area contributed by atoms with Crippen molar-refractivity contribution < 1.29 is 23.9 Å². The predicted molar refractivity (Wildman–Crippen MR) is 117 cm³/mol. The van der Waals surface area contributed by atoms with Crippen molar-refractivity contribution in [2.45, 2.75) is 25.5 Å². The minimum absolute atomic E-state index is 0.0914. The van der Waals surface area contributed by atoms with Crippen LogP contribution in [0, 0.1) is 10.1 Å². The molecule has 0 spiro atoms. The first-order valence-electron chi connectivity index (χ1n) is 10.4. The Morgan fingerprint density at radius 2 is 2.18 bits per heavy atom. The lowest BCUT2D eigenvalue weighted by Crippen LogP contribution is -2.23. The van der Waals surface area contributed by atoms with E-state index < -0.39 is 10.8 Å². The first kappa shape index (κ1) is 22.2. The van der Waals surface area contributed by atoms with Gasteiger partial charge in [-0.3, -0.25) is 14.9 Å². The van der Waals surface area contributed by atoms with E-state index in [9.17, 15) is 14.9 Å². The molecule has 1 aliphatic heterocycles. The van der Waals surface area contributed by atoms with E-state index in [2.05, 4.69) is 15.4 Å².